The number of hydrogen-bond acceptors (Lipinski definition) is 4. The average molecular weight is 273 g/mol. The first kappa shape index (κ1) is 14.4. The van der Waals surface area contributed by atoms with Crippen LogP contribution in [0.3, 0.4) is 0 Å². The summed E-state index contributed by atoms with van der Waals surface area (Å²) in [5.41, 5.74) is 10.8. The molecule has 2 atom stereocenters. The molecule has 0 spiro atoms. The van der Waals surface area contributed by atoms with Gasteiger partial charge in [0, 0.05) is 34.5 Å². The van der Waals surface area contributed by atoms with Crippen molar-refractivity contribution in [3.63, 3.8) is 0 Å². The zero-order valence-corrected chi connectivity index (χ0v) is 11.0. The van der Waals surface area contributed by atoms with Crippen LogP contribution in [0.2, 0.25) is 0 Å². The maximum atomic E-state index is 13.6. The molecule has 0 bridgehead atoms. The van der Waals surface area contributed by atoms with E-state index in [1.807, 2.05) is 0 Å². The van der Waals surface area contributed by atoms with E-state index in [4.69, 9.17) is 11.5 Å². The zero-order valence-electron chi connectivity index (χ0n) is 10.2. The highest BCUT2D eigenvalue weighted by Gasteiger charge is 2.13. The van der Waals surface area contributed by atoms with Gasteiger partial charge in [0.05, 0.1) is 11.3 Å². The van der Waals surface area contributed by atoms with Gasteiger partial charge >= 0.3 is 0 Å². The molecule has 0 saturated carbocycles. The van der Waals surface area contributed by atoms with Crippen LogP contribution in [0.1, 0.15) is 17.3 Å². The second kappa shape index (κ2) is 5.81. The van der Waals surface area contributed by atoms with Crippen LogP contribution >= 0.6 is 0 Å². The van der Waals surface area contributed by atoms with E-state index in [-0.39, 0.29) is 22.2 Å². The number of nitrogens with one attached hydrogen (secondary N) is 1. The lowest BCUT2D eigenvalue weighted by Crippen LogP contribution is -2.22. The van der Waals surface area contributed by atoms with Crippen molar-refractivity contribution in [2.75, 3.05) is 23.9 Å². The molecule has 0 aliphatic rings. The fourth-order valence-electron chi connectivity index (χ4n) is 1.31. The van der Waals surface area contributed by atoms with Crippen LogP contribution in [-0.4, -0.2) is 28.2 Å². The third-order valence-corrected chi connectivity index (χ3v) is 3.85. The number of carbonyl (C=O) groups excluding carboxylic acids is 1. The largest absolute Gasteiger partial charge is 0.398 e. The first-order valence-electron chi connectivity index (χ1n) is 5.27. The highest BCUT2D eigenvalue weighted by atomic mass is 32.2. The predicted molar refractivity (Wildman–Crippen MR) is 71.3 cm³/mol. The Kier molecular flexibility index (Phi) is 4.66. The lowest BCUT2D eigenvalue weighted by atomic mass is 10.1. The van der Waals surface area contributed by atoms with Crippen molar-refractivity contribution < 1.29 is 13.4 Å². The minimum absolute atomic E-state index is 0.00216. The predicted octanol–water partition coefficient (Wildman–Crippen LogP) is 0.686. The van der Waals surface area contributed by atoms with Gasteiger partial charge in [0.15, 0.2) is 0 Å². The Balaban J connectivity index is 2.92. The van der Waals surface area contributed by atoms with E-state index in [0.29, 0.717) is 6.54 Å². The van der Waals surface area contributed by atoms with Crippen molar-refractivity contribution in [1.29, 1.82) is 0 Å². The number of anilines is 2. The summed E-state index contributed by atoms with van der Waals surface area (Å²) in [6, 6.07) is 2.30. The summed E-state index contributed by atoms with van der Waals surface area (Å²) in [6.07, 6.45) is 1.57. The number of carbonyl (C=O) groups is 1. The Bertz CT molecular complexity index is 493. The minimum atomic E-state index is -1.01. The molecule has 100 valence electrons. The fraction of sp³-hybridized carbons (Fsp3) is 0.364. The number of rotatable bonds is 5. The highest BCUT2D eigenvalue weighted by molar-refractivity contribution is 7.84. The molecule has 5 N–H and O–H groups in total. The molecular formula is C11H16FN3O2S. The van der Waals surface area contributed by atoms with Gasteiger partial charge in [-0.25, -0.2) is 4.39 Å². The van der Waals surface area contributed by atoms with Crippen molar-refractivity contribution in [1.82, 2.24) is 0 Å². The number of hydrogen-bond donors (Lipinski definition) is 3. The quantitative estimate of drug-likeness (QED) is 0.687. The number of primary amides is 1. The highest BCUT2D eigenvalue weighted by Crippen LogP contribution is 2.22. The third kappa shape index (κ3) is 3.43. The molecule has 7 heteroatoms. The Hall–Kier alpha value is -1.63. The normalized spacial score (nSPS) is 13.9. The molecule has 0 aliphatic carbocycles. The van der Waals surface area contributed by atoms with Gasteiger partial charge in [-0.15, -0.1) is 0 Å². The van der Waals surface area contributed by atoms with Crippen LogP contribution in [0, 0.1) is 5.82 Å². The van der Waals surface area contributed by atoms with Gasteiger partial charge in [-0.2, -0.15) is 0 Å². The molecule has 0 aliphatic heterocycles. The molecule has 1 rings (SSSR count). The molecule has 1 aromatic carbocycles. The standard InChI is InChI=1S/C11H16FN3O2S/c1-6(18(2)17)5-15-10-3-7(11(14)16)9(13)4-8(10)12/h3-4,6,15H,5,13H2,1-2H3,(H2,14,16). The molecule has 2 unspecified atom stereocenters. The summed E-state index contributed by atoms with van der Waals surface area (Å²) in [6.45, 7) is 2.09. The van der Waals surface area contributed by atoms with E-state index in [0.717, 1.165) is 6.07 Å². The zero-order chi connectivity index (χ0) is 13.9. The van der Waals surface area contributed by atoms with Crippen LogP contribution < -0.4 is 16.8 Å². The summed E-state index contributed by atoms with van der Waals surface area (Å²) in [4.78, 5) is 11.1. The van der Waals surface area contributed by atoms with Crippen LogP contribution in [-0.2, 0) is 10.8 Å². The Morgan fingerprint density at radius 2 is 2.17 bits per heavy atom. The van der Waals surface area contributed by atoms with E-state index >= 15 is 0 Å². The minimum Gasteiger partial charge on any atom is -0.398 e. The SMILES string of the molecule is CC(CNc1cc(C(N)=O)c(N)cc1F)S(C)=O. The summed E-state index contributed by atoms with van der Waals surface area (Å²) in [5, 5.41) is 2.65. The van der Waals surface area contributed by atoms with Crippen molar-refractivity contribution in [2.24, 2.45) is 5.73 Å². The summed E-state index contributed by atoms with van der Waals surface area (Å²) >= 11 is 0. The van der Waals surface area contributed by atoms with Gasteiger partial charge in [-0.3, -0.25) is 9.00 Å². The molecule has 0 fully saturated rings. The summed E-state index contributed by atoms with van der Waals surface area (Å²) in [7, 11) is -1.01. The van der Waals surface area contributed by atoms with Crippen molar-refractivity contribution in [2.45, 2.75) is 12.2 Å². The van der Waals surface area contributed by atoms with Crippen molar-refractivity contribution >= 4 is 28.1 Å². The molecule has 18 heavy (non-hydrogen) atoms. The molecule has 0 aromatic heterocycles. The molecule has 0 heterocycles. The molecule has 1 amide bonds. The van der Waals surface area contributed by atoms with E-state index in [1.165, 1.54) is 6.07 Å². The maximum absolute atomic E-state index is 13.6. The Morgan fingerprint density at radius 1 is 1.56 bits per heavy atom. The van der Waals surface area contributed by atoms with Crippen LogP contribution in [0.5, 0.6) is 0 Å². The topological polar surface area (TPSA) is 98.2 Å². The molecule has 5 nitrogen and oxygen atoms in total. The lowest BCUT2D eigenvalue weighted by molar-refractivity contribution is 0.100. The molecular weight excluding hydrogens is 257 g/mol. The smallest absolute Gasteiger partial charge is 0.250 e. The van der Waals surface area contributed by atoms with Crippen LogP contribution in [0.15, 0.2) is 12.1 Å². The number of amides is 1. The van der Waals surface area contributed by atoms with E-state index in [2.05, 4.69) is 5.32 Å². The average Bonchev–Trinajstić information content (AvgIpc) is 2.26. The number of nitrogen functional groups attached to an aromatic ring is 1. The van der Waals surface area contributed by atoms with Gasteiger partial charge in [-0.1, -0.05) is 0 Å². The van der Waals surface area contributed by atoms with Gasteiger partial charge in [-0.05, 0) is 19.1 Å². The summed E-state index contributed by atoms with van der Waals surface area (Å²) < 4.78 is 24.7. The second-order valence-electron chi connectivity index (χ2n) is 3.97. The Morgan fingerprint density at radius 3 is 2.67 bits per heavy atom. The first-order chi connectivity index (χ1) is 8.32. The van der Waals surface area contributed by atoms with Crippen LogP contribution in [0.25, 0.3) is 0 Å². The van der Waals surface area contributed by atoms with E-state index < -0.39 is 22.5 Å². The van der Waals surface area contributed by atoms with Crippen molar-refractivity contribution in [3.05, 3.63) is 23.5 Å². The fourth-order valence-corrected chi connectivity index (χ4v) is 1.63. The van der Waals surface area contributed by atoms with E-state index in [1.54, 1.807) is 13.2 Å². The molecule has 0 saturated heterocycles. The lowest BCUT2D eigenvalue weighted by Gasteiger charge is -2.13. The number of halogens is 1. The third-order valence-electron chi connectivity index (χ3n) is 2.55. The Labute approximate surface area is 107 Å². The van der Waals surface area contributed by atoms with Crippen molar-refractivity contribution in [3.8, 4) is 0 Å². The molecule has 1 aromatic rings. The monoisotopic (exact) mass is 273 g/mol. The number of benzene rings is 1. The maximum Gasteiger partial charge on any atom is 0.250 e. The number of nitrogens with two attached hydrogens (primary N) is 2. The van der Waals surface area contributed by atoms with E-state index in [9.17, 15) is 13.4 Å². The first-order valence-corrected chi connectivity index (χ1v) is 6.90. The van der Waals surface area contributed by atoms with Crippen LogP contribution in [0.4, 0.5) is 15.8 Å². The second-order valence-corrected chi connectivity index (χ2v) is 5.78. The van der Waals surface area contributed by atoms with Gasteiger partial charge < -0.3 is 16.8 Å². The van der Waals surface area contributed by atoms with Gasteiger partial charge in [0.2, 0.25) is 0 Å². The summed E-state index contributed by atoms with van der Waals surface area (Å²) in [5.74, 6) is -1.30. The molecule has 0 radical (unpaired) electrons. The van der Waals surface area contributed by atoms with Gasteiger partial charge in [0.25, 0.3) is 5.91 Å². The van der Waals surface area contributed by atoms with Gasteiger partial charge in [0.1, 0.15) is 5.82 Å².